The van der Waals surface area contributed by atoms with Crippen LogP contribution in [-0.2, 0) is 0 Å². The highest BCUT2D eigenvalue weighted by Gasteiger charge is 2.03. The van der Waals surface area contributed by atoms with E-state index in [1.54, 1.807) is 37.4 Å². The van der Waals surface area contributed by atoms with Gasteiger partial charge in [0.2, 0.25) is 0 Å². The fraction of sp³-hybridized carbons (Fsp3) is 0.0556. The Morgan fingerprint density at radius 2 is 1.68 bits per heavy atom. The van der Waals surface area contributed by atoms with E-state index < -0.39 is 5.97 Å². The summed E-state index contributed by atoms with van der Waals surface area (Å²) in [6.45, 7) is 3.52. The van der Waals surface area contributed by atoms with E-state index in [1.165, 1.54) is 6.26 Å². The maximum absolute atomic E-state index is 10.8. The Kier molecular flexibility index (Phi) is 4.98. The number of rotatable bonds is 6. The average Bonchev–Trinajstić information content (AvgIpc) is 2.54. The van der Waals surface area contributed by atoms with Gasteiger partial charge in [0.25, 0.3) is 0 Å². The molecule has 1 N–H and O–H groups in total. The van der Waals surface area contributed by atoms with Crippen LogP contribution in [0.4, 0.5) is 0 Å². The van der Waals surface area contributed by atoms with Crippen molar-refractivity contribution in [2.75, 3.05) is 7.11 Å². The first-order valence-corrected chi connectivity index (χ1v) is 6.61. The van der Waals surface area contributed by atoms with Crippen LogP contribution in [0.15, 0.2) is 55.3 Å². The van der Waals surface area contributed by atoms with E-state index in [-0.39, 0.29) is 5.56 Å². The number of ether oxygens (including phenoxy) is 2. The summed E-state index contributed by atoms with van der Waals surface area (Å²) in [5, 5.41) is 8.86. The average molecular weight is 296 g/mol. The van der Waals surface area contributed by atoms with Crippen molar-refractivity contribution in [3.8, 4) is 11.5 Å². The summed E-state index contributed by atoms with van der Waals surface area (Å²) < 4.78 is 10.5. The van der Waals surface area contributed by atoms with Gasteiger partial charge in [-0.3, -0.25) is 0 Å². The minimum absolute atomic E-state index is 0.268. The van der Waals surface area contributed by atoms with Gasteiger partial charge in [-0.2, -0.15) is 0 Å². The van der Waals surface area contributed by atoms with E-state index in [4.69, 9.17) is 14.6 Å². The number of carboxylic acid groups (broad SMARTS) is 1. The molecular weight excluding hydrogens is 280 g/mol. The molecule has 0 unspecified atom stereocenters. The van der Waals surface area contributed by atoms with Gasteiger partial charge in [0.15, 0.2) is 11.5 Å². The molecule has 2 aromatic rings. The van der Waals surface area contributed by atoms with Gasteiger partial charge in [0.1, 0.15) is 0 Å². The molecule has 0 amide bonds. The second-order valence-corrected chi connectivity index (χ2v) is 4.46. The third-order valence-electron chi connectivity index (χ3n) is 3.02. The fourth-order valence-corrected chi connectivity index (χ4v) is 1.90. The molecule has 112 valence electrons. The molecule has 0 fully saturated rings. The van der Waals surface area contributed by atoms with Crippen molar-refractivity contribution in [2.45, 2.75) is 0 Å². The van der Waals surface area contributed by atoms with E-state index in [1.807, 2.05) is 24.3 Å². The van der Waals surface area contributed by atoms with Gasteiger partial charge in [-0.1, -0.05) is 36.9 Å². The number of hydrogen-bond donors (Lipinski definition) is 1. The molecule has 0 bridgehead atoms. The lowest BCUT2D eigenvalue weighted by molar-refractivity contribution is 0.0697. The van der Waals surface area contributed by atoms with E-state index in [0.717, 1.165) is 11.1 Å². The van der Waals surface area contributed by atoms with Crippen molar-refractivity contribution in [3.63, 3.8) is 0 Å². The normalized spacial score (nSPS) is 10.4. The van der Waals surface area contributed by atoms with E-state index in [0.29, 0.717) is 11.5 Å². The zero-order valence-corrected chi connectivity index (χ0v) is 12.2. The molecule has 0 saturated carbocycles. The Hall–Kier alpha value is -3.01. The Labute approximate surface area is 128 Å². The van der Waals surface area contributed by atoms with Crippen LogP contribution >= 0.6 is 0 Å². The van der Waals surface area contributed by atoms with Gasteiger partial charge >= 0.3 is 5.97 Å². The molecule has 0 heterocycles. The summed E-state index contributed by atoms with van der Waals surface area (Å²) in [7, 11) is 1.57. The Bertz CT molecular complexity index is 700. The maximum atomic E-state index is 10.8. The lowest BCUT2D eigenvalue weighted by Crippen LogP contribution is -1.94. The SMILES string of the molecule is C=COc1ccc(C=Cc2ccc(C(=O)O)cc2)cc1OC. The Morgan fingerprint density at radius 3 is 2.27 bits per heavy atom. The Morgan fingerprint density at radius 1 is 1.05 bits per heavy atom. The topological polar surface area (TPSA) is 55.8 Å². The molecule has 22 heavy (non-hydrogen) atoms. The molecule has 0 aliphatic carbocycles. The number of benzene rings is 2. The van der Waals surface area contributed by atoms with Gasteiger partial charge in [-0.05, 0) is 35.4 Å². The van der Waals surface area contributed by atoms with Crippen molar-refractivity contribution < 1.29 is 19.4 Å². The molecule has 4 nitrogen and oxygen atoms in total. The minimum Gasteiger partial charge on any atom is -0.493 e. The van der Waals surface area contributed by atoms with E-state index in [9.17, 15) is 4.79 Å². The summed E-state index contributed by atoms with van der Waals surface area (Å²) in [6, 6.07) is 12.2. The zero-order chi connectivity index (χ0) is 15.9. The smallest absolute Gasteiger partial charge is 0.335 e. The quantitative estimate of drug-likeness (QED) is 0.644. The standard InChI is InChI=1S/C18H16O4/c1-3-22-16-11-8-14(12-17(16)21-2)5-4-13-6-9-15(10-7-13)18(19)20/h3-12H,1H2,2H3,(H,19,20). The highest BCUT2D eigenvalue weighted by molar-refractivity contribution is 5.88. The lowest BCUT2D eigenvalue weighted by Gasteiger charge is -2.07. The largest absolute Gasteiger partial charge is 0.493 e. The lowest BCUT2D eigenvalue weighted by atomic mass is 10.1. The van der Waals surface area contributed by atoms with Gasteiger partial charge in [-0.15, -0.1) is 0 Å². The second kappa shape index (κ2) is 7.13. The molecule has 0 atom stereocenters. The first-order valence-electron chi connectivity index (χ1n) is 6.61. The number of aromatic carboxylic acids is 1. The van der Waals surface area contributed by atoms with Crippen LogP contribution < -0.4 is 9.47 Å². The minimum atomic E-state index is -0.932. The highest BCUT2D eigenvalue weighted by Crippen LogP contribution is 2.28. The van der Waals surface area contributed by atoms with Crippen LogP contribution in [-0.4, -0.2) is 18.2 Å². The molecular formula is C18H16O4. The van der Waals surface area contributed by atoms with Crippen LogP contribution in [0.3, 0.4) is 0 Å². The van der Waals surface area contributed by atoms with Crippen LogP contribution in [0.1, 0.15) is 21.5 Å². The third kappa shape index (κ3) is 3.76. The molecule has 0 spiro atoms. The van der Waals surface area contributed by atoms with Crippen molar-refractivity contribution in [2.24, 2.45) is 0 Å². The molecule has 0 aliphatic rings. The van der Waals surface area contributed by atoms with Crippen molar-refractivity contribution in [3.05, 3.63) is 72.0 Å². The van der Waals surface area contributed by atoms with Crippen molar-refractivity contribution in [1.82, 2.24) is 0 Å². The van der Waals surface area contributed by atoms with Crippen LogP contribution in [0, 0.1) is 0 Å². The van der Waals surface area contributed by atoms with Crippen LogP contribution in [0.5, 0.6) is 11.5 Å². The predicted molar refractivity (Wildman–Crippen MR) is 86.1 cm³/mol. The first-order chi connectivity index (χ1) is 10.6. The van der Waals surface area contributed by atoms with Crippen LogP contribution in [0.2, 0.25) is 0 Å². The van der Waals surface area contributed by atoms with Crippen LogP contribution in [0.25, 0.3) is 12.2 Å². The van der Waals surface area contributed by atoms with Gasteiger partial charge < -0.3 is 14.6 Å². The number of methoxy groups -OCH3 is 1. The van der Waals surface area contributed by atoms with Gasteiger partial charge in [-0.25, -0.2) is 4.79 Å². The number of hydrogen-bond acceptors (Lipinski definition) is 3. The molecule has 4 heteroatoms. The molecule has 2 aromatic carbocycles. The van der Waals surface area contributed by atoms with E-state index >= 15 is 0 Å². The van der Waals surface area contributed by atoms with Crippen molar-refractivity contribution >= 4 is 18.1 Å². The second-order valence-electron chi connectivity index (χ2n) is 4.46. The maximum Gasteiger partial charge on any atom is 0.335 e. The third-order valence-corrected chi connectivity index (χ3v) is 3.02. The van der Waals surface area contributed by atoms with Gasteiger partial charge in [0, 0.05) is 0 Å². The number of carbonyl (C=O) groups is 1. The zero-order valence-electron chi connectivity index (χ0n) is 12.2. The molecule has 0 aromatic heterocycles. The van der Waals surface area contributed by atoms with Gasteiger partial charge in [0.05, 0.1) is 18.9 Å². The molecule has 0 saturated heterocycles. The summed E-state index contributed by atoms with van der Waals surface area (Å²) >= 11 is 0. The monoisotopic (exact) mass is 296 g/mol. The predicted octanol–water partition coefficient (Wildman–Crippen LogP) is 4.09. The molecule has 0 aliphatic heterocycles. The summed E-state index contributed by atoms with van der Waals surface area (Å²) in [4.78, 5) is 10.8. The summed E-state index contributed by atoms with van der Waals surface area (Å²) in [5.41, 5.74) is 2.12. The fourth-order valence-electron chi connectivity index (χ4n) is 1.90. The molecule has 0 radical (unpaired) electrons. The van der Waals surface area contributed by atoms with Crippen molar-refractivity contribution in [1.29, 1.82) is 0 Å². The summed E-state index contributed by atoms with van der Waals surface area (Å²) in [6.07, 6.45) is 5.15. The highest BCUT2D eigenvalue weighted by atomic mass is 16.5. The number of carboxylic acids is 1. The first kappa shape index (κ1) is 15.4. The molecule has 2 rings (SSSR count). The van der Waals surface area contributed by atoms with E-state index in [2.05, 4.69) is 6.58 Å². The Balaban J connectivity index is 2.18. The summed E-state index contributed by atoms with van der Waals surface area (Å²) in [5.74, 6) is 0.279.